The highest BCUT2D eigenvalue weighted by atomic mass is 33.7. The van der Waals surface area contributed by atoms with Crippen LogP contribution in [0.4, 0.5) is 0 Å². The molecule has 0 fully saturated rings. The zero-order valence-corrected chi connectivity index (χ0v) is 32.8. The average molecular weight is 741 g/mol. The van der Waals surface area contributed by atoms with Gasteiger partial charge in [0.05, 0.1) is 30.4 Å². The Bertz CT molecular complexity index is 1220. The predicted molar refractivity (Wildman–Crippen MR) is 200 cm³/mol. The van der Waals surface area contributed by atoms with Crippen LogP contribution in [0.25, 0.3) is 20.4 Å². The van der Waals surface area contributed by atoms with Crippen LogP contribution >= 0.6 is 63.9 Å². The maximum Gasteiger partial charge on any atom is 0.136 e. The van der Waals surface area contributed by atoms with Crippen molar-refractivity contribution < 1.29 is 18.9 Å². The van der Waals surface area contributed by atoms with Gasteiger partial charge in [-0.2, -0.15) is 0 Å². The Kier molecular flexibility index (Phi) is 16.4. The second kappa shape index (κ2) is 19.7. The Morgan fingerprint density at radius 3 is 1.36 bits per heavy atom. The third-order valence-corrected chi connectivity index (χ3v) is 20.1. The van der Waals surface area contributed by atoms with Crippen LogP contribution in [0, 0.1) is 0 Å². The van der Waals surface area contributed by atoms with Crippen molar-refractivity contribution in [1.82, 2.24) is 9.97 Å². The van der Waals surface area contributed by atoms with Crippen molar-refractivity contribution in [3.05, 3.63) is 58.5 Å². The summed E-state index contributed by atoms with van der Waals surface area (Å²) in [7, 11) is 15.6. The number of methoxy groups -OCH3 is 4. The summed E-state index contributed by atoms with van der Waals surface area (Å²) in [6.45, 7) is 4.54. The molecule has 4 unspecified atom stereocenters. The fourth-order valence-corrected chi connectivity index (χ4v) is 17.2. The maximum absolute atomic E-state index is 5.61. The van der Waals surface area contributed by atoms with Gasteiger partial charge in [-0.1, -0.05) is 72.5 Å². The molecule has 238 valence electrons. The zero-order valence-electron chi connectivity index (χ0n) is 25.9. The molecule has 6 nitrogen and oxygen atoms in total. The lowest BCUT2D eigenvalue weighted by Crippen LogP contribution is -2.29. The molecule has 14 heteroatoms. The normalized spacial score (nSPS) is 15.0. The van der Waals surface area contributed by atoms with E-state index in [4.69, 9.17) is 28.9 Å². The first-order valence-electron chi connectivity index (χ1n) is 14.5. The van der Waals surface area contributed by atoms with E-state index in [9.17, 15) is 0 Å². The zero-order chi connectivity index (χ0) is 31.3. The number of ether oxygens (including phenoxy) is 4. The molecular formula is C30H40N2O4S6Si2. The van der Waals surface area contributed by atoms with Crippen LogP contribution in [-0.2, 0) is 18.9 Å². The summed E-state index contributed by atoms with van der Waals surface area (Å²) >= 11 is 3.66. The molecule has 4 rings (SSSR count). The smallest absolute Gasteiger partial charge is 0.136 e. The Labute approximate surface area is 290 Å². The number of rotatable bonds is 21. The highest BCUT2D eigenvalue weighted by molar-refractivity contribution is 9.26. The summed E-state index contributed by atoms with van der Waals surface area (Å²) in [5.74, 6) is 2.31. The molecule has 2 aromatic carbocycles. The van der Waals surface area contributed by atoms with Gasteiger partial charge in [0, 0.05) is 51.8 Å². The SMILES string of the molecule is CCC([Si]C(OC)OC)C(CSSSSCC(c1nc2ccccc2s1)C(CC)[Si]C(OC)OC)c1nc2ccccc2s1. The van der Waals surface area contributed by atoms with Crippen LogP contribution in [0.5, 0.6) is 0 Å². The van der Waals surface area contributed by atoms with Crippen molar-refractivity contribution >= 4 is 103 Å². The van der Waals surface area contributed by atoms with Crippen molar-refractivity contribution in [2.24, 2.45) is 0 Å². The van der Waals surface area contributed by atoms with E-state index in [0.29, 0.717) is 42.0 Å². The molecule has 0 spiro atoms. The molecule has 0 bridgehead atoms. The summed E-state index contributed by atoms with van der Waals surface area (Å²) in [6.07, 6.45) is 2.12. The summed E-state index contributed by atoms with van der Waals surface area (Å²) in [4.78, 5) is 10.2. The van der Waals surface area contributed by atoms with Crippen molar-refractivity contribution in [3.63, 3.8) is 0 Å². The van der Waals surface area contributed by atoms with Gasteiger partial charge in [-0.3, -0.25) is 0 Å². The van der Waals surface area contributed by atoms with E-state index in [0.717, 1.165) is 35.4 Å². The van der Waals surface area contributed by atoms with Crippen molar-refractivity contribution in [3.8, 4) is 0 Å². The molecule has 4 aromatic rings. The topological polar surface area (TPSA) is 62.7 Å². The molecule has 0 amide bonds. The van der Waals surface area contributed by atoms with Crippen molar-refractivity contribution in [2.75, 3.05) is 39.9 Å². The van der Waals surface area contributed by atoms with Gasteiger partial charge in [0.1, 0.15) is 30.9 Å². The standard InChI is InChI=1S/C30H40N2O4S6Si2/c1-7-25(43-29(33-3)34-4)19(27-31-21-13-9-11-15-23(21)39-27)17-37-41-42-38-18-20(26(8-2)44-30(35-5)36-6)28-32-22-14-10-12-16-24(22)40-28/h9-16,19-20,25-26,29-30H,7-8,17-18H2,1-6H3. The number of fused-ring (bicyclic) bond motifs is 2. The first-order valence-corrected chi connectivity index (χ1v) is 23.6. The number of benzene rings is 2. The largest absolute Gasteiger partial charge is 0.360 e. The first-order chi connectivity index (χ1) is 21.5. The molecule has 0 N–H and O–H groups in total. The lowest BCUT2D eigenvalue weighted by Gasteiger charge is -2.27. The second-order valence-electron chi connectivity index (χ2n) is 9.93. The lowest BCUT2D eigenvalue weighted by atomic mass is 10.1. The van der Waals surface area contributed by atoms with Crippen LogP contribution in [0.15, 0.2) is 48.5 Å². The van der Waals surface area contributed by atoms with Crippen LogP contribution in [-0.4, -0.2) is 80.8 Å². The van der Waals surface area contributed by atoms with Crippen molar-refractivity contribution in [1.29, 1.82) is 0 Å². The first kappa shape index (κ1) is 36.7. The molecule has 44 heavy (non-hydrogen) atoms. The number of nitrogens with zero attached hydrogens (tertiary/aromatic N) is 2. The summed E-state index contributed by atoms with van der Waals surface area (Å²) < 4.78 is 25.0. The van der Waals surface area contributed by atoms with E-state index >= 15 is 0 Å². The molecular weight excluding hydrogens is 701 g/mol. The number of hydrogen-bond acceptors (Lipinski definition) is 12. The highest BCUT2D eigenvalue weighted by Gasteiger charge is 2.30. The van der Waals surface area contributed by atoms with E-state index in [2.05, 4.69) is 62.4 Å². The van der Waals surface area contributed by atoms with Gasteiger partial charge in [0.2, 0.25) is 0 Å². The van der Waals surface area contributed by atoms with Gasteiger partial charge in [-0.15, -0.1) is 22.7 Å². The fraction of sp³-hybridized carbons (Fsp3) is 0.533. The molecule has 0 aliphatic heterocycles. The van der Waals surface area contributed by atoms with Crippen LogP contribution in [0.1, 0.15) is 48.5 Å². The van der Waals surface area contributed by atoms with Gasteiger partial charge in [0.15, 0.2) is 0 Å². The lowest BCUT2D eigenvalue weighted by molar-refractivity contribution is -0.0451. The third-order valence-electron chi connectivity index (χ3n) is 7.28. The summed E-state index contributed by atoms with van der Waals surface area (Å²) in [6, 6.07) is 16.9. The number of aromatic nitrogens is 2. The van der Waals surface area contributed by atoms with E-state index in [-0.39, 0.29) is 11.8 Å². The fourth-order valence-electron chi connectivity index (χ4n) is 4.91. The molecule has 4 atom stereocenters. The van der Waals surface area contributed by atoms with Crippen LogP contribution in [0.2, 0.25) is 11.1 Å². The highest BCUT2D eigenvalue weighted by Crippen LogP contribution is 2.50. The third kappa shape index (κ3) is 10.2. The Morgan fingerprint density at radius 1 is 0.636 bits per heavy atom. The molecule has 4 radical (unpaired) electrons. The quantitative estimate of drug-likeness (QED) is 0.0358. The number of thiazole rings is 2. The molecule has 0 saturated carbocycles. The van der Waals surface area contributed by atoms with Gasteiger partial charge in [0.25, 0.3) is 0 Å². The van der Waals surface area contributed by atoms with E-state index in [1.807, 2.05) is 63.9 Å². The van der Waals surface area contributed by atoms with Crippen LogP contribution < -0.4 is 0 Å². The average Bonchev–Trinajstić information content (AvgIpc) is 3.69. The molecule has 0 saturated heterocycles. The van der Waals surface area contributed by atoms with E-state index < -0.39 is 0 Å². The Balaban J connectivity index is 1.41. The number of hydrogen-bond donors (Lipinski definition) is 0. The van der Waals surface area contributed by atoms with E-state index in [1.54, 1.807) is 28.4 Å². The summed E-state index contributed by atoms with van der Waals surface area (Å²) in [5.41, 5.74) is 3.06. The molecule has 0 aliphatic carbocycles. The molecule has 2 aromatic heterocycles. The molecule has 0 aliphatic rings. The van der Waals surface area contributed by atoms with E-state index in [1.165, 1.54) is 19.4 Å². The van der Waals surface area contributed by atoms with Gasteiger partial charge in [-0.05, 0) is 55.0 Å². The van der Waals surface area contributed by atoms with Gasteiger partial charge in [-0.25, -0.2) is 9.97 Å². The monoisotopic (exact) mass is 740 g/mol. The predicted octanol–water partition coefficient (Wildman–Crippen LogP) is 9.41. The minimum atomic E-state index is -0.179. The molecule has 2 heterocycles. The van der Waals surface area contributed by atoms with Crippen molar-refractivity contribution in [2.45, 2.75) is 61.4 Å². The Hall–Kier alpha value is -0.106. The second-order valence-corrected chi connectivity index (χ2v) is 21.2. The Morgan fingerprint density at radius 2 is 1.02 bits per heavy atom. The minimum absolute atomic E-state index is 0.179. The minimum Gasteiger partial charge on any atom is -0.360 e. The number of para-hydroxylation sites is 2. The maximum atomic E-state index is 5.61. The summed E-state index contributed by atoms with van der Waals surface area (Å²) in [5, 5.41) is 2.44. The van der Waals surface area contributed by atoms with Gasteiger partial charge >= 0.3 is 0 Å². The van der Waals surface area contributed by atoms with Crippen LogP contribution in [0.3, 0.4) is 0 Å². The van der Waals surface area contributed by atoms with Gasteiger partial charge < -0.3 is 18.9 Å².